The first kappa shape index (κ1) is 17.3. The van der Waals surface area contributed by atoms with Crippen LogP contribution in [0.4, 0.5) is 5.69 Å². The molecule has 4 nitrogen and oxygen atoms in total. The minimum Gasteiger partial charge on any atom is -0.349 e. The second kappa shape index (κ2) is 6.35. The van der Waals surface area contributed by atoms with Gasteiger partial charge in [0.1, 0.15) is 0 Å². The zero-order valence-electron chi connectivity index (χ0n) is 16.2. The summed E-state index contributed by atoms with van der Waals surface area (Å²) in [5, 5.41) is 6.24. The molecule has 1 aromatic rings. The molecule has 27 heavy (non-hydrogen) atoms. The molecule has 1 aromatic carbocycles. The average Bonchev–Trinajstić information content (AvgIpc) is 3.46. The Balaban J connectivity index is 1.23. The van der Waals surface area contributed by atoms with Crippen molar-refractivity contribution >= 4 is 17.5 Å². The summed E-state index contributed by atoms with van der Waals surface area (Å²) in [7, 11) is 0. The summed E-state index contributed by atoms with van der Waals surface area (Å²) in [5.41, 5.74) is 1.77. The Morgan fingerprint density at radius 1 is 0.963 bits per heavy atom. The molecular weight excluding hydrogens is 336 g/mol. The van der Waals surface area contributed by atoms with E-state index < -0.39 is 0 Å². The van der Waals surface area contributed by atoms with Gasteiger partial charge >= 0.3 is 0 Å². The molecule has 0 aliphatic heterocycles. The van der Waals surface area contributed by atoms with Crippen molar-refractivity contribution in [1.29, 1.82) is 0 Å². The SMILES string of the molecule is CC(NC(=O)c1ccc(NC(=O)C2CC2)cc1)C12CC3CC(CC(C3)C1)C2. The molecule has 2 amide bonds. The quantitative estimate of drug-likeness (QED) is 0.813. The zero-order valence-corrected chi connectivity index (χ0v) is 16.2. The van der Waals surface area contributed by atoms with Crippen LogP contribution in [-0.4, -0.2) is 17.9 Å². The highest BCUT2D eigenvalue weighted by Gasteiger charge is 2.53. The number of anilines is 1. The van der Waals surface area contributed by atoms with Gasteiger partial charge in [-0.1, -0.05) is 0 Å². The van der Waals surface area contributed by atoms with Crippen LogP contribution in [0.15, 0.2) is 24.3 Å². The third-order valence-electron chi connectivity index (χ3n) is 7.71. The lowest BCUT2D eigenvalue weighted by Crippen LogP contribution is -2.55. The maximum Gasteiger partial charge on any atom is 0.251 e. The lowest BCUT2D eigenvalue weighted by atomic mass is 9.48. The van der Waals surface area contributed by atoms with Gasteiger partial charge in [-0.2, -0.15) is 0 Å². The maximum atomic E-state index is 12.8. The van der Waals surface area contributed by atoms with E-state index in [1.54, 1.807) is 0 Å². The molecule has 0 spiro atoms. The Morgan fingerprint density at radius 2 is 1.52 bits per heavy atom. The highest BCUT2D eigenvalue weighted by Crippen LogP contribution is 2.61. The number of hydrogen-bond acceptors (Lipinski definition) is 2. The van der Waals surface area contributed by atoms with Crippen molar-refractivity contribution < 1.29 is 9.59 Å². The highest BCUT2D eigenvalue weighted by atomic mass is 16.2. The summed E-state index contributed by atoms with van der Waals surface area (Å²) in [6.45, 7) is 2.22. The third-order valence-corrected chi connectivity index (χ3v) is 7.71. The summed E-state index contributed by atoms with van der Waals surface area (Å²) in [6, 6.07) is 7.55. The third kappa shape index (κ3) is 3.28. The number of carbonyl (C=O) groups excluding carboxylic acids is 2. The van der Waals surface area contributed by atoms with E-state index in [-0.39, 0.29) is 23.8 Å². The molecule has 5 fully saturated rings. The van der Waals surface area contributed by atoms with Crippen LogP contribution in [0.3, 0.4) is 0 Å². The van der Waals surface area contributed by atoms with Gasteiger partial charge in [0.25, 0.3) is 5.91 Å². The van der Waals surface area contributed by atoms with Crippen LogP contribution in [0.1, 0.15) is 68.6 Å². The van der Waals surface area contributed by atoms with Gasteiger partial charge in [0.2, 0.25) is 5.91 Å². The number of carbonyl (C=O) groups is 2. The Labute approximate surface area is 161 Å². The maximum absolute atomic E-state index is 12.8. The minimum absolute atomic E-state index is 0.0123. The minimum atomic E-state index is 0.0123. The van der Waals surface area contributed by atoms with Crippen molar-refractivity contribution in [3.63, 3.8) is 0 Å². The molecule has 5 saturated carbocycles. The molecule has 5 aliphatic rings. The zero-order chi connectivity index (χ0) is 18.6. The van der Waals surface area contributed by atoms with E-state index in [1.807, 2.05) is 24.3 Å². The first-order valence-electron chi connectivity index (χ1n) is 10.7. The molecule has 5 aliphatic carbocycles. The number of nitrogens with one attached hydrogen (secondary N) is 2. The molecule has 144 valence electrons. The Hall–Kier alpha value is -1.84. The van der Waals surface area contributed by atoms with Gasteiger partial charge in [-0.3, -0.25) is 9.59 Å². The second-order valence-corrected chi connectivity index (χ2v) is 9.82. The van der Waals surface area contributed by atoms with Gasteiger partial charge in [0.15, 0.2) is 0 Å². The van der Waals surface area contributed by atoms with Gasteiger partial charge in [-0.15, -0.1) is 0 Å². The van der Waals surface area contributed by atoms with Crippen LogP contribution in [0.5, 0.6) is 0 Å². The lowest BCUT2D eigenvalue weighted by molar-refractivity contribution is -0.117. The number of rotatable bonds is 5. The van der Waals surface area contributed by atoms with Crippen LogP contribution in [0.2, 0.25) is 0 Å². The van der Waals surface area contributed by atoms with Crippen molar-refractivity contribution in [2.75, 3.05) is 5.32 Å². The Morgan fingerprint density at radius 3 is 2.04 bits per heavy atom. The molecule has 4 bridgehead atoms. The van der Waals surface area contributed by atoms with Crippen LogP contribution in [0.25, 0.3) is 0 Å². The molecular formula is C23H30N2O2. The molecule has 6 rings (SSSR count). The van der Waals surface area contributed by atoms with Crippen molar-refractivity contribution in [2.45, 2.75) is 64.3 Å². The van der Waals surface area contributed by atoms with Crippen molar-refractivity contribution in [3.05, 3.63) is 29.8 Å². The molecule has 1 atom stereocenters. The fourth-order valence-electron chi connectivity index (χ4n) is 6.44. The lowest BCUT2D eigenvalue weighted by Gasteiger charge is -2.59. The summed E-state index contributed by atoms with van der Waals surface area (Å²) in [5.74, 6) is 2.98. The number of hydrogen-bond donors (Lipinski definition) is 2. The highest BCUT2D eigenvalue weighted by molar-refractivity contribution is 5.96. The van der Waals surface area contributed by atoms with E-state index >= 15 is 0 Å². The monoisotopic (exact) mass is 366 g/mol. The largest absolute Gasteiger partial charge is 0.349 e. The Kier molecular flexibility index (Phi) is 4.06. The van der Waals surface area contributed by atoms with Crippen LogP contribution in [-0.2, 0) is 4.79 Å². The summed E-state index contributed by atoms with van der Waals surface area (Å²) < 4.78 is 0. The van der Waals surface area contributed by atoms with Gasteiger partial charge < -0.3 is 10.6 Å². The molecule has 0 saturated heterocycles. The predicted octanol–water partition coefficient (Wildman–Crippen LogP) is 4.37. The van der Waals surface area contributed by atoms with Gasteiger partial charge in [-0.05, 0) is 106 Å². The number of amides is 2. The predicted molar refractivity (Wildman–Crippen MR) is 105 cm³/mol. The van der Waals surface area contributed by atoms with Crippen molar-refractivity contribution in [3.8, 4) is 0 Å². The van der Waals surface area contributed by atoms with Crippen molar-refractivity contribution in [2.24, 2.45) is 29.1 Å². The Bertz CT molecular complexity index is 715. The number of benzene rings is 1. The summed E-state index contributed by atoms with van der Waals surface area (Å²) in [6.07, 6.45) is 10.2. The van der Waals surface area contributed by atoms with Gasteiger partial charge in [-0.25, -0.2) is 0 Å². The van der Waals surface area contributed by atoms with Gasteiger partial charge in [0.05, 0.1) is 0 Å². The van der Waals surface area contributed by atoms with Crippen LogP contribution in [0, 0.1) is 29.1 Å². The summed E-state index contributed by atoms with van der Waals surface area (Å²) >= 11 is 0. The van der Waals surface area contributed by atoms with E-state index in [0.29, 0.717) is 11.0 Å². The topological polar surface area (TPSA) is 58.2 Å². The molecule has 0 radical (unpaired) electrons. The van der Waals surface area contributed by atoms with E-state index in [2.05, 4.69) is 17.6 Å². The van der Waals surface area contributed by atoms with E-state index in [0.717, 1.165) is 36.3 Å². The second-order valence-electron chi connectivity index (χ2n) is 9.82. The van der Waals surface area contributed by atoms with Crippen LogP contribution < -0.4 is 10.6 Å². The smallest absolute Gasteiger partial charge is 0.251 e. The summed E-state index contributed by atoms with van der Waals surface area (Å²) in [4.78, 5) is 24.7. The average molecular weight is 367 g/mol. The van der Waals surface area contributed by atoms with Crippen molar-refractivity contribution in [1.82, 2.24) is 5.32 Å². The van der Waals surface area contributed by atoms with E-state index in [1.165, 1.54) is 38.5 Å². The molecule has 0 aromatic heterocycles. The molecule has 2 N–H and O–H groups in total. The normalized spacial score (nSPS) is 34.9. The first-order chi connectivity index (χ1) is 13.0. The van der Waals surface area contributed by atoms with Crippen LogP contribution >= 0.6 is 0 Å². The molecule has 1 unspecified atom stereocenters. The van der Waals surface area contributed by atoms with Gasteiger partial charge in [0, 0.05) is 23.2 Å². The van der Waals surface area contributed by atoms with E-state index in [4.69, 9.17) is 0 Å². The van der Waals surface area contributed by atoms with E-state index in [9.17, 15) is 9.59 Å². The first-order valence-corrected chi connectivity index (χ1v) is 10.7. The molecule has 4 heteroatoms. The standard InChI is InChI=1S/C23H30N2O2/c1-14(23-11-15-8-16(12-23)10-17(9-15)13-23)24-21(26)19-4-6-20(7-5-19)25-22(27)18-2-3-18/h4-7,14-18H,2-3,8-13H2,1H3,(H,24,26)(H,25,27). The fourth-order valence-corrected chi connectivity index (χ4v) is 6.44. The fraction of sp³-hybridized carbons (Fsp3) is 0.652. The molecule has 0 heterocycles.